The Bertz CT molecular complexity index is 1200. The molecular weight excluding hydrogens is 390 g/mol. The van der Waals surface area contributed by atoms with Gasteiger partial charge in [0.15, 0.2) is 17.2 Å². The zero-order valence-corrected chi connectivity index (χ0v) is 15.8. The number of rotatable bonds is 4. The molecule has 8 heteroatoms. The lowest BCUT2D eigenvalue weighted by Gasteiger charge is -2.08. The summed E-state index contributed by atoms with van der Waals surface area (Å²) in [6.45, 7) is 0. The Kier molecular flexibility index (Phi) is 5.24. The zero-order chi connectivity index (χ0) is 20.2. The van der Waals surface area contributed by atoms with E-state index >= 15 is 0 Å². The maximum atomic E-state index is 9.62. The van der Waals surface area contributed by atoms with Crippen LogP contribution in [0.5, 0.6) is 0 Å². The highest BCUT2D eigenvalue weighted by Crippen LogP contribution is 2.27. The van der Waals surface area contributed by atoms with E-state index in [9.17, 15) is 10.4 Å². The number of hydroxylamine groups is 1. The Labute approximate surface area is 171 Å². The summed E-state index contributed by atoms with van der Waals surface area (Å²) in [4.78, 5) is 8.91. The Morgan fingerprint density at radius 2 is 1.76 bits per heavy atom. The predicted octanol–water partition coefficient (Wildman–Crippen LogP) is 4.54. The fraction of sp³-hybridized carbons (Fsp3) is 0. The molecule has 29 heavy (non-hydrogen) atoms. The molecule has 0 fully saturated rings. The van der Waals surface area contributed by atoms with E-state index in [1.165, 1.54) is 0 Å². The van der Waals surface area contributed by atoms with Gasteiger partial charge in [0.05, 0.1) is 11.9 Å². The number of pyridine rings is 1. The third-order valence-corrected chi connectivity index (χ3v) is 4.62. The van der Waals surface area contributed by atoms with Crippen molar-refractivity contribution in [3.8, 4) is 11.3 Å². The smallest absolute Gasteiger partial charge is 0.180 e. The van der Waals surface area contributed by atoms with E-state index in [4.69, 9.17) is 11.6 Å². The molecule has 0 spiro atoms. The summed E-state index contributed by atoms with van der Waals surface area (Å²) in [5.41, 5.74) is 5.59. The highest BCUT2D eigenvalue weighted by molar-refractivity contribution is 6.47. The van der Waals surface area contributed by atoms with Crippen LogP contribution in [-0.2, 0) is 0 Å². The van der Waals surface area contributed by atoms with Crippen molar-refractivity contribution in [2.24, 2.45) is 10.1 Å². The van der Waals surface area contributed by atoms with Gasteiger partial charge in [0.25, 0.3) is 0 Å². The van der Waals surface area contributed by atoms with Crippen LogP contribution in [0.4, 0.5) is 5.69 Å². The quantitative estimate of drug-likeness (QED) is 0.201. The van der Waals surface area contributed by atoms with E-state index in [1.807, 2.05) is 52.5 Å². The number of nitrogens with zero attached hydrogens (tertiary/aromatic N) is 4. The van der Waals surface area contributed by atoms with E-state index in [0.717, 1.165) is 11.3 Å². The van der Waals surface area contributed by atoms with Crippen LogP contribution in [0, 0.1) is 0 Å². The van der Waals surface area contributed by atoms with Gasteiger partial charge in [-0.3, -0.25) is 15.1 Å². The normalized spacial score (nSPS) is 12.3. The number of aromatic nitrogens is 2. The maximum absolute atomic E-state index is 9.62. The molecule has 0 amide bonds. The second-order valence-corrected chi connectivity index (χ2v) is 6.56. The molecule has 0 saturated heterocycles. The fourth-order valence-electron chi connectivity index (χ4n) is 3.01. The molecule has 7 nitrogen and oxygen atoms in total. The summed E-state index contributed by atoms with van der Waals surface area (Å²) in [7, 11) is 0. The molecule has 0 aliphatic heterocycles. The van der Waals surface area contributed by atoms with Crippen molar-refractivity contribution in [3.05, 3.63) is 89.7 Å². The summed E-state index contributed by atoms with van der Waals surface area (Å²) in [5.74, 6) is -0.0113. The minimum atomic E-state index is -0.0113. The summed E-state index contributed by atoms with van der Waals surface area (Å²) < 4.78 is 1.88. The molecule has 2 heterocycles. The van der Waals surface area contributed by atoms with Crippen molar-refractivity contribution < 1.29 is 10.4 Å². The summed E-state index contributed by atoms with van der Waals surface area (Å²) in [5, 5.41) is 23.0. The highest BCUT2D eigenvalue weighted by atomic mass is 35.5. The lowest BCUT2D eigenvalue weighted by Crippen LogP contribution is -2.29. The van der Waals surface area contributed by atoms with Crippen LogP contribution in [0.3, 0.4) is 0 Å². The lowest BCUT2D eigenvalue weighted by molar-refractivity contribution is 0.236. The number of imidazole rings is 1. The van der Waals surface area contributed by atoms with Gasteiger partial charge in [-0.15, -0.1) is 0 Å². The molecule has 0 unspecified atom stereocenters. The summed E-state index contributed by atoms with van der Waals surface area (Å²) in [6, 6.07) is 19.9. The molecule has 2 aromatic carbocycles. The Morgan fingerprint density at radius 1 is 1.00 bits per heavy atom. The number of aliphatic imine (C=N–C) groups is 1. The van der Waals surface area contributed by atoms with Crippen molar-refractivity contribution in [2.45, 2.75) is 0 Å². The van der Waals surface area contributed by atoms with Crippen molar-refractivity contribution in [1.82, 2.24) is 14.9 Å². The first-order valence-corrected chi connectivity index (χ1v) is 9.07. The first-order valence-electron chi connectivity index (χ1n) is 8.70. The van der Waals surface area contributed by atoms with Crippen molar-refractivity contribution >= 4 is 34.5 Å². The highest BCUT2D eigenvalue weighted by Gasteiger charge is 2.15. The van der Waals surface area contributed by atoms with Gasteiger partial charge in [-0.1, -0.05) is 59.2 Å². The molecule has 4 rings (SSSR count). The molecule has 2 aromatic heterocycles. The van der Waals surface area contributed by atoms with Crippen LogP contribution in [0.25, 0.3) is 16.9 Å². The van der Waals surface area contributed by atoms with Crippen LogP contribution >= 0.6 is 11.6 Å². The average Bonchev–Trinajstić information content (AvgIpc) is 3.20. The van der Waals surface area contributed by atoms with Crippen molar-refractivity contribution in [2.75, 3.05) is 0 Å². The van der Waals surface area contributed by atoms with Gasteiger partial charge in [-0.25, -0.2) is 9.98 Å². The minimum absolute atomic E-state index is 0.0113. The summed E-state index contributed by atoms with van der Waals surface area (Å²) in [6.07, 6.45) is 3.61. The molecule has 0 atom stereocenters. The fourth-order valence-corrected chi connectivity index (χ4v) is 3.13. The van der Waals surface area contributed by atoms with Gasteiger partial charge in [0, 0.05) is 22.3 Å². The number of nitrogens with one attached hydrogen (secondary N) is 1. The molecule has 144 valence electrons. The largest absolute Gasteiger partial charge is 0.410 e. The molecule has 0 aliphatic carbocycles. The number of hydrogen-bond donors (Lipinski definition) is 3. The van der Waals surface area contributed by atoms with E-state index < -0.39 is 0 Å². The minimum Gasteiger partial charge on any atom is -0.410 e. The SMILES string of the molecule is ON=C(C(=Nc1cccn2c(-c3ccc(Cl)cc3)cnc12)NO)c1ccccc1. The standard InChI is InChI=1S/C21H16ClN5O2/c22-16-10-8-14(9-11-16)18-13-23-21-17(7-4-12-27(18)21)24-20(26-29)19(25-28)15-5-2-1-3-6-15/h1-13,28-29H,(H,24,26). The van der Waals surface area contributed by atoms with Gasteiger partial charge in [0.2, 0.25) is 0 Å². The molecule has 0 aliphatic rings. The molecule has 3 N–H and O–H groups in total. The topological polar surface area (TPSA) is 94.5 Å². The van der Waals surface area contributed by atoms with Crippen LogP contribution in [0.2, 0.25) is 5.02 Å². The van der Waals surface area contributed by atoms with Gasteiger partial charge in [-0.2, -0.15) is 0 Å². The second kappa shape index (κ2) is 8.14. The number of amidine groups is 1. The molecule has 0 bridgehead atoms. The van der Waals surface area contributed by atoms with Crippen LogP contribution < -0.4 is 5.48 Å². The number of benzene rings is 2. The first kappa shape index (κ1) is 18.7. The molecule has 4 aromatic rings. The molecular formula is C21H16ClN5O2. The Balaban J connectivity index is 1.80. The van der Waals surface area contributed by atoms with Crippen LogP contribution in [-0.4, -0.2) is 31.3 Å². The van der Waals surface area contributed by atoms with Crippen molar-refractivity contribution in [1.29, 1.82) is 0 Å². The molecule has 0 radical (unpaired) electrons. The van der Waals surface area contributed by atoms with E-state index in [1.54, 1.807) is 36.5 Å². The number of oxime groups is 1. The predicted molar refractivity (Wildman–Crippen MR) is 112 cm³/mol. The van der Waals surface area contributed by atoms with Gasteiger partial charge in [-0.05, 0) is 24.3 Å². The van der Waals surface area contributed by atoms with Crippen LogP contribution in [0.1, 0.15) is 5.56 Å². The molecule has 0 saturated carbocycles. The van der Waals surface area contributed by atoms with Gasteiger partial charge >= 0.3 is 0 Å². The van der Waals surface area contributed by atoms with E-state index in [0.29, 0.717) is 21.9 Å². The second-order valence-electron chi connectivity index (χ2n) is 6.12. The zero-order valence-electron chi connectivity index (χ0n) is 15.1. The Hall–Kier alpha value is -3.68. The monoisotopic (exact) mass is 405 g/mol. The Morgan fingerprint density at radius 3 is 2.45 bits per heavy atom. The van der Waals surface area contributed by atoms with E-state index in [2.05, 4.69) is 15.1 Å². The van der Waals surface area contributed by atoms with Crippen molar-refractivity contribution in [3.63, 3.8) is 0 Å². The average molecular weight is 406 g/mol. The van der Waals surface area contributed by atoms with Gasteiger partial charge < -0.3 is 5.21 Å². The third-order valence-electron chi connectivity index (χ3n) is 4.36. The number of hydrogen-bond acceptors (Lipinski definition) is 5. The van der Waals surface area contributed by atoms with Crippen LogP contribution in [0.15, 0.2) is 89.3 Å². The van der Waals surface area contributed by atoms with E-state index in [-0.39, 0.29) is 11.5 Å². The third kappa shape index (κ3) is 3.69. The maximum Gasteiger partial charge on any atom is 0.180 e. The number of halogens is 1. The lowest BCUT2D eigenvalue weighted by atomic mass is 10.1. The number of fused-ring (bicyclic) bond motifs is 1. The first-order chi connectivity index (χ1) is 14.2. The summed E-state index contributed by atoms with van der Waals surface area (Å²) >= 11 is 5.98. The van der Waals surface area contributed by atoms with Gasteiger partial charge in [0.1, 0.15) is 5.69 Å².